The molecule has 0 aliphatic heterocycles. The molecule has 0 saturated heterocycles. The molecule has 14 heteroatoms. The maximum absolute atomic E-state index is 14.0. The van der Waals surface area contributed by atoms with E-state index in [0.29, 0.717) is 16.8 Å². The molecule has 4 aromatic heterocycles. The van der Waals surface area contributed by atoms with E-state index in [1.165, 1.54) is 50.7 Å². The number of alkyl halides is 2. The van der Waals surface area contributed by atoms with Crippen LogP contribution in [0.2, 0.25) is 10.0 Å². The molecule has 0 bridgehead atoms. The molecule has 1 amide bonds. The molecule has 4 heterocycles. The summed E-state index contributed by atoms with van der Waals surface area (Å²) in [6, 6.07) is 5.30. The molecule has 0 unspecified atom stereocenters. The predicted octanol–water partition coefficient (Wildman–Crippen LogP) is 5.41. The Kier molecular flexibility index (Phi) is 6.84. The van der Waals surface area contributed by atoms with E-state index < -0.39 is 18.1 Å². The van der Waals surface area contributed by atoms with Gasteiger partial charge in [-0.15, -0.1) is 0 Å². The molecule has 0 saturated carbocycles. The monoisotopic (exact) mass is 562 g/mol. The van der Waals surface area contributed by atoms with Crippen molar-refractivity contribution in [2.24, 2.45) is 7.05 Å². The third kappa shape index (κ3) is 5.09. The molecule has 1 N–H and O–H groups in total. The fraction of sp³-hybridized carbons (Fsp3) is 0.208. The molecule has 5 aromatic rings. The zero-order valence-corrected chi connectivity index (χ0v) is 21.5. The summed E-state index contributed by atoms with van der Waals surface area (Å²) >= 11 is 12.3. The fourth-order valence-corrected chi connectivity index (χ4v) is 4.49. The molecule has 196 valence electrons. The molecule has 0 aliphatic rings. The Morgan fingerprint density at radius 2 is 1.92 bits per heavy atom. The number of aryl methyl sites for hydroxylation is 2. The van der Waals surface area contributed by atoms with Gasteiger partial charge >= 0.3 is 0 Å². The van der Waals surface area contributed by atoms with E-state index in [4.69, 9.17) is 23.2 Å². The summed E-state index contributed by atoms with van der Waals surface area (Å²) in [6.07, 6.45) is 1.88. The highest BCUT2D eigenvalue weighted by Crippen LogP contribution is 2.33. The summed E-state index contributed by atoms with van der Waals surface area (Å²) < 4.78 is 45.5. The second-order valence-corrected chi connectivity index (χ2v) is 9.36. The molecule has 5 rings (SSSR count). The third-order valence-corrected chi connectivity index (χ3v) is 6.39. The fourth-order valence-electron chi connectivity index (χ4n) is 4.07. The SMILES string of the molecule is Cc1nn(CC(=O)Nc2nn(Cc3ccc(F)cc3Cl)cc2Cl)c2nc(-c3cnn(C)c3)cc(C(F)F)c12. The van der Waals surface area contributed by atoms with Gasteiger partial charge in [-0.1, -0.05) is 29.3 Å². The van der Waals surface area contributed by atoms with Crippen LogP contribution in [0.1, 0.15) is 23.2 Å². The Hall–Kier alpha value is -3.90. The highest BCUT2D eigenvalue weighted by atomic mass is 35.5. The van der Waals surface area contributed by atoms with Gasteiger partial charge in [-0.3, -0.25) is 14.2 Å². The van der Waals surface area contributed by atoms with E-state index >= 15 is 0 Å². The standard InChI is InChI=1S/C24H19Cl2F3N8O/c1-12-21-16(22(28)29)6-19(14-7-30-35(2)8-14)31-24(21)37(33-12)11-20(38)32-23-18(26)10-36(34-23)9-13-3-4-15(27)5-17(13)25/h3-8,10,22H,9,11H2,1-2H3,(H,32,34,38). The Morgan fingerprint density at radius 3 is 2.61 bits per heavy atom. The number of fused-ring (bicyclic) bond motifs is 1. The number of nitrogens with zero attached hydrogens (tertiary/aromatic N) is 7. The first-order valence-corrected chi connectivity index (χ1v) is 12.0. The van der Waals surface area contributed by atoms with Gasteiger partial charge in [0.2, 0.25) is 5.91 Å². The quantitative estimate of drug-likeness (QED) is 0.286. The number of hydrogen-bond acceptors (Lipinski definition) is 5. The number of hydrogen-bond donors (Lipinski definition) is 1. The minimum atomic E-state index is -2.78. The normalized spacial score (nSPS) is 11.6. The van der Waals surface area contributed by atoms with Crippen LogP contribution >= 0.6 is 23.2 Å². The van der Waals surface area contributed by atoms with E-state index in [0.717, 1.165) is 0 Å². The summed E-state index contributed by atoms with van der Waals surface area (Å²) in [5, 5.41) is 15.8. The van der Waals surface area contributed by atoms with Gasteiger partial charge in [0.25, 0.3) is 6.43 Å². The molecule has 0 spiro atoms. The van der Waals surface area contributed by atoms with E-state index in [9.17, 15) is 18.0 Å². The van der Waals surface area contributed by atoms with Gasteiger partial charge in [-0.25, -0.2) is 22.8 Å². The summed E-state index contributed by atoms with van der Waals surface area (Å²) in [5.41, 5.74) is 1.64. The van der Waals surface area contributed by atoms with Crippen LogP contribution in [0.5, 0.6) is 0 Å². The van der Waals surface area contributed by atoms with Gasteiger partial charge in [0.1, 0.15) is 17.4 Å². The molecule has 38 heavy (non-hydrogen) atoms. The van der Waals surface area contributed by atoms with Crippen molar-refractivity contribution in [3.63, 3.8) is 0 Å². The number of benzene rings is 1. The highest BCUT2D eigenvalue weighted by molar-refractivity contribution is 6.33. The van der Waals surface area contributed by atoms with E-state index in [1.807, 2.05) is 0 Å². The number of aromatic nitrogens is 7. The molecule has 0 fully saturated rings. The Balaban J connectivity index is 1.41. The number of anilines is 1. The number of carbonyl (C=O) groups is 1. The van der Waals surface area contributed by atoms with Crippen molar-refractivity contribution in [3.8, 4) is 11.3 Å². The first kappa shape index (κ1) is 25.7. The lowest BCUT2D eigenvalue weighted by Crippen LogP contribution is -2.20. The van der Waals surface area contributed by atoms with Crippen molar-refractivity contribution >= 4 is 46.0 Å². The number of pyridine rings is 1. The zero-order valence-electron chi connectivity index (χ0n) is 20.0. The van der Waals surface area contributed by atoms with Crippen molar-refractivity contribution in [1.82, 2.24) is 34.3 Å². The van der Waals surface area contributed by atoms with Crippen LogP contribution < -0.4 is 5.32 Å². The van der Waals surface area contributed by atoms with E-state index in [1.54, 1.807) is 20.2 Å². The molecular weight excluding hydrogens is 544 g/mol. The molecule has 9 nitrogen and oxygen atoms in total. The molecule has 0 radical (unpaired) electrons. The second kappa shape index (κ2) is 10.1. The van der Waals surface area contributed by atoms with Crippen molar-refractivity contribution in [1.29, 1.82) is 0 Å². The second-order valence-electron chi connectivity index (χ2n) is 8.55. The van der Waals surface area contributed by atoms with Crippen LogP contribution in [0.15, 0.2) is 42.9 Å². The van der Waals surface area contributed by atoms with Gasteiger partial charge in [-0.05, 0) is 30.7 Å². The largest absolute Gasteiger partial charge is 0.306 e. The molecule has 1 aromatic carbocycles. The van der Waals surface area contributed by atoms with Crippen LogP contribution in [-0.2, 0) is 24.9 Å². The number of amides is 1. The lowest BCUT2D eigenvalue weighted by Gasteiger charge is -2.08. The Labute approximate surface area is 223 Å². The summed E-state index contributed by atoms with van der Waals surface area (Å²) in [5.74, 6) is -0.928. The van der Waals surface area contributed by atoms with Crippen molar-refractivity contribution in [3.05, 3.63) is 75.5 Å². The summed E-state index contributed by atoms with van der Waals surface area (Å²) in [7, 11) is 1.70. The topological polar surface area (TPSA) is 95.5 Å². The smallest absolute Gasteiger partial charge is 0.264 e. The van der Waals surface area contributed by atoms with Crippen molar-refractivity contribution in [2.75, 3.05) is 5.32 Å². The number of halogens is 5. The summed E-state index contributed by atoms with van der Waals surface area (Å²) in [6.45, 7) is 1.44. The third-order valence-electron chi connectivity index (χ3n) is 5.76. The molecule has 0 aliphatic carbocycles. The predicted molar refractivity (Wildman–Crippen MR) is 136 cm³/mol. The molecular formula is C24H19Cl2F3N8O. The van der Waals surface area contributed by atoms with Crippen LogP contribution in [0.3, 0.4) is 0 Å². The highest BCUT2D eigenvalue weighted by Gasteiger charge is 2.23. The Bertz CT molecular complexity index is 1680. The Morgan fingerprint density at radius 1 is 1.13 bits per heavy atom. The zero-order chi connectivity index (χ0) is 27.1. The lowest BCUT2D eigenvalue weighted by atomic mass is 10.1. The number of carbonyl (C=O) groups excluding carboxylic acids is 1. The minimum Gasteiger partial charge on any atom is -0.306 e. The van der Waals surface area contributed by atoms with Crippen molar-refractivity contribution in [2.45, 2.75) is 26.4 Å². The van der Waals surface area contributed by atoms with Gasteiger partial charge in [0.05, 0.1) is 29.5 Å². The average molecular weight is 563 g/mol. The van der Waals surface area contributed by atoms with Crippen LogP contribution in [0.25, 0.3) is 22.3 Å². The maximum Gasteiger partial charge on any atom is 0.264 e. The van der Waals surface area contributed by atoms with Gasteiger partial charge in [0.15, 0.2) is 11.5 Å². The van der Waals surface area contributed by atoms with Crippen LogP contribution in [0, 0.1) is 12.7 Å². The maximum atomic E-state index is 14.0. The van der Waals surface area contributed by atoms with Crippen LogP contribution in [0.4, 0.5) is 19.0 Å². The van der Waals surface area contributed by atoms with Gasteiger partial charge < -0.3 is 5.32 Å². The number of nitrogens with one attached hydrogen (secondary N) is 1. The first-order chi connectivity index (χ1) is 18.1. The van der Waals surface area contributed by atoms with E-state index in [-0.39, 0.29) is 51.2 Å². The molecule has 0 atom stereocenters. The summed E-state index contributed by atoms with van der Waals surface area (Å²) in [4.78, 5) is 17.4. The number of rotatable bonds is 7. The van der Waals surface area contributed by atoms with Gasteiger partial charge in [-0.2, -0.15) is 15.3 Å². The van der Waals surface area contributed by atoms with Crippen molar-refractivity contribution < 1.29 is 18.0 Å². The average Bonchev–Trinajstić information content (AvgIpc) is 3.52. The lowest BCUT2D eigenvalue weighted by molar-refractivity contribution is -0.116. The first-order valence-electron chi connectivity index (χ1n) is 11.2. The minimum absolute atomic E-state index is 0.0837. The van der Waals surface area contributed by atoms with Gasteiger partial charge in [0, 0.05) is 35.6 Å². The van der Waals surface area contributed by atoms with E-state index in [2.05, 4.69) is 25.6 Å². The van der Waals surface area contributed by atoms with Crippen LogP contribution in [-0.4, -0.2) is 40.2 Å².